The molecule has 0 saturated carbocycles. The Morgan fingerprint density at radius 2 is 1.76 bits per heavy atom. The lowest BCUT2D eigenvalue weighted by atomic mass is 10.1. The average molecular weight is 569 g/mol. The van der Waals surface area contributed by atoms with Crippen LogP contribution in [0.5, 0.6) is 0 Å². The molecule has 4 rings (SSSR count). The third-order valence-electron chi connectivity index (χ3n) is 6.13. The van der Waals surface area contributed by atoms with Crippen molar-refractivity contribution in [2.75, 3.05) is 44.7 Å². The van der Waals surface area contributed by atoms with Crippen LogP contribution in [0.15, 0.2) is 47.5 Å². The first-order chi connectivity index (χ1) is 15.5. The molecule has 0 bridgehead atoms. The van der Waals surface area contributed by atoms with Gasteiger partial charge in [-0.1, -0.05) is 24.3 Å². The van der Waals surface area contributed by atoms with E-state index in [0.29, 0.717) is 51.4 Å². The fraction of sp³-hybridized carbons (Fsp3) is 0.417. The summed E-state index contributed by atoms with van der Waals surface area (Å²) in [7, 11) is 1.75. The number of aliphatic imine (C=N–C) groups is 1. The second-order valence-corrected chi connectivity index (χ2v) is 8.16. The standard InChI is InChI=1S/C24H29F2N5O.HI/c1-27-24(30-13-11-29(12-14-30)22-15-20(25)8-9-21(22)26)28-16-18-5-2-3-6-19(18)17-31-10-4-7-23(31)32;/h2-3,5-6,8-9,15H,4,7,10-14,16-17H2,1H3,(H,27,28);1H. The number of halogens is 3. The maximum absolute atomic E-state index is 14.1. The molecule has 0 aromatic heterocycles. The van der Waals surface area contributed by atoms with Crippen LogP contribution in [-0.4, -0.2) is 61.4 Å². The van der Waals surface area contributed by atoms with E-state index in [1.54, 1.807) is 7.05 Å². The number of piperazine rings is 1. The third kappa shape index (κ3) is 6.13. The van der Waals surface area contributed by atoms with Gasteiger partial charge >= 0.3 is 0 Å². The molecule has 33 heavy (non-hydrogen) atoms. The summed E-state index contributed by atoms with van der Waals surface area (Å²) in [5, 5.41) is 3.43. The van der Waals surface area contributed by atoms with Gasteiger partial charge in [-0.2, -0.15) is 0 Å². The summed E-state index contributed by atoms with van der Waals surface area (Å²) < 4.78 is 27.7. The quantitative estimate of drug-likeness (QED) is 0.340. The molecule has 2 saturated heterocycles. The van der Waals surface area contributed by atoms with Gasteiger partial charge in [-0.3, -0.25) is 9.79 Å². The number of rotatable bonds is 5. The van der Waals surface area contributed by atoms with Crippen molar-refractivity contribution in [1.82, 2.24) is 15.1 Å². The molecule has 0 aliphatic carbocycles. The number of carbonyl (C=O) groups excluding carboxylic acids is 1. The van der Waals surface area contributed by atoms with Gasteiger partial charge in [0.25, 0.3) is 0 Å². The molecule has 178 valence electrons. The maximum Gasteiger partial charge on any atom is 0.222 e. The summed E-state index contributed by atoms with van der Waals surface area (Å²) in [6, 6.07) is 11.7. The summed E-state index contributed by atoms with van der Waals surface area (Å²) in [5.41, 5.74) is 2.57. The van der Waals surface area contributed by atoms with Crippen LogP contribution in [0, 0.1) is 11.6 Å². The highest BCUT2D eigenvalue weighted by Gasteiger charge is 2.23. The van der Waals surface area contributed by atoms with Crippen LogP contribution < -0.4 is 10.2 Å². The number of hydrogen-bond acceptors (Lipinski definition) is 3. The molecule has 2 heterocycles. The normalized spacial score (nSPS) is 16.8. The largest absolute Gasteiger partial charge is 0.366 e. The fourth-order valence-electron chi connectivity index (χ4n) is 4.35. The lowest BCUT2D eigenvalue weighted by Crippen LogP contribution is -2.52. The molecule has 0 atom stereocenters. The first kappa shape index (κ1) is 25.2. The van der Waals surface area contributed by atoms with Crippen molar-refractivity contribution in [3.63, 3.8) is 0 Å². The third-order valence-corrected chi connectivity index (χ3v) is 6.13. The predicted molar refractivity (Wildman–Crippen MR) is 137 cm³/mol. The zero-order valence-corrected chi connectivity index (χ0v) is 21.1. The number of nitrogens with one attached hydrogen (secondary N) is 1. The molecule has 2 aliphatic heterocycles. The number of guanidine groups is 1. The Bertz CT molecular complexity index is 995. The van der Waals surface area contributed by atoms with Crippen LogP contribution in [0.2, 0.25) is 0 Å². The highest BCUT2D eigenvalue weighted by molar-refractivity contribution is 14.0. The van der Waals surface area contributed by atoms with Gasteiger partial charge in [-0.25, -0.2) is 8.78 Å². The summed E-state index contributed by atoms with van der Waals surface area (Å²) in [4.78, 5) is 22.3. The van der Waals surface area contributed by atoms with Gasteiger partial charge in [0.15, 0.2) is 5.96 Å². The average Bonchev–Trinajstić information content (AvgIpc) is 3.21. The van der Waals surface area contributed by atoms with E-state index in [1.807, 2.05) is 21.9 Å². The number of benzene rings is 2. The molecular formula is C24H30F2IN5O. The second kappa shape index (κ2) is 11.6. The van der Waals surface area contributed by atoms with Gasteiger partial charge in [-0.05, 0) is 29.7 Å². The Morgan fingerprint density at radius 3 is 2.42 bits per heavy atom. The molecule has 2 fully saturated rings. The molecule has 6 nitrogen and oxygen atoms in total. The first-order valence-electron chi connectivity index (χ1n) is 11.1. The molecule has 0 radical (unpaired) electrons. The van der Waals surface area contributed by atoms with Crippen molar-refractivity contribution in [1.29, 1.82) is 0 Å². The summed E-state index contributed by atoms with van der Waals surface area (Å²) in [6.07, 6.45) is 1.57. The van der Waals surface area contributed by atoms with Crippen molar-refractivity contribution in [2.24, 2.45) is 4.99 Å². The minimum Gasteiger partial charge on any atom is -0.366 e. The zero-order chi connectivity index (χ0) is 22.5. The summed E-state index contributed by atoms with van der Waals surface area (Å²) >= 11 is 0. The van der Waals surface area contributed by atoms with Crippen molar-refractivity contribution in [3.8, 4) is 0 Å². The molecule has 0 spiro atoms. The van der Waals surface area contributed by atoms with Crippen LogP contribution in [0.1, 0.15) is 24.0 Å². The maximum atomic E-state index is 14.1. The molecule has 2 aromatic carbocycles. The van der Waals surface area contributed by atoms with E-state index in [2.05, 4.69) is 27.3 Å². The van der Waals surface area contributed by atoms with Gasteiger partial charge in [0.2, 0.25) is 5.91 Å². The van der Waals surface area contributed by atoms with Crippen molar-refractivity contribution < 1.29 is 13.6 Å². The van der Waals surface area contributed by atoms with Crippen molar-refractivity contribution in [3.05, 3.63) is 65.2 Å². The Hall–Kier alpha value is -2.43. The van der Waals surface area contributed by atoms with E-state index in [0.717, 1.165) is 36.1 Å². The lowest BCUT2D eigenvalue weighted by Gasteiger charge is -2.37. The molecule has 1 N–H and O–H groups in total. The van der Waals surface area contributed by atoms with Crippen LogP contribution in [-0.2, 0) is 17.9 Å². The van der Waals surface area contributed by atoms with E-state index in [1.165, 1.54) is 12.1 Å². The minimum atomic E-state index is -0.435. The molecule has 9 heteroatoms. The molecule has 2 aromatic rings. The van der Waals surface area contributed by atoms with E-state index >= 15 is 0 Å². The molecule has 1 amide bonds. The van der Waals surface area contributed by atoms with Gasteiger partial charge < -0.3 is 20.0 Å². The number of carbonyl (C=O) groups is 1. The lowest BCUT2D eigenvalue weighted by molar-refractivity contribution is -0.128. The molecule has 2 aliphatic rings. The SMILES string of the molecule is CN=C(NCc1ccccc1CN1CCCC1=O)N1CCN(c2cc(F)ccc2F)CC1.I. The van der Waals surface area contributed by atoms with E-state index < -0.39 is 11.6 Å². The zero-order valence-electron chi connectivity index (χ0n) is 18.8. The first-order valence-corrected chi connectivity index (χ1v) is 11.1. The number of amides is 1. The van der Waals surface area contributed by atoms with Crippen LogP contribution >= 0.6 is 24.0 Å². The Labute approximate surface area is 210 Å². The number of hydrogen-bond donors (Lipinski definition) is 1. The van der Waals surface area contributed by atoms with Gasteiger partial charge in [0, 0.05) is 65.3 Å². The molecule has 0 unspecified atom stereocenters. The Morgan fingerprint density at radius 1 is 1.03 bits per heavy atom. The Kier molecular flexibility index (Phi) is 8.87. The minimum absolute atomic E-state index is 0. The highest BCUT2D eigenvalue weighted by Crippen LogP contribution is 2.22. The number of nitrogens with zero attached hydrogens (tertiary/aromatic N) is 4. The molecular weight excluding hydrogens is 539 g/mol. The number of anilines is 1. The van der Waals surface area contributed by atoms with Gasteiger partial charge in [0.1, 0.15) is 11.6 Å². The monoisotopic (exact) mass is 569 g/mol. The van der Waals surface area contributed by atoms with E-state index in [-0.39, 0.29) is 29.9 Å². The van der Waals surface area contributed by atoms with E-state index in [9.17, 15) is 13.6 Å². The van der Waals surface area contributed by atoms with Crippen molar-refractivity contribution in [2.45, 2.75) is 25.9 Å². The second-order valence-electron chi connectivity index (χ2n) is 8.16. The predicted octanol–water partition coefficient (Wildman–Crippen LogP) is 3.60. The fourth-order valence-corrected chi connectivity index (χ4v) is 4.35. The van der Waals surface area contributed by atoms with Crippen molar-refractivity contribution >= 4 is 41.5 Å². The Balaban J connectivity index is 0.00000306. The smallest absolute Gasteiger partial charge is 0.222 e. The summed E-state index contributed by atoms with van der Waals surface area (Å²) in [5.74, 6) is 0.152. The van der Waals surface area contributed by atoms with E-state index in [4.69, 9.17) is 0 Å². The topological polar surface area (TPSA) is 51.2 Å². The van der Waals surface area contributed by atoms with Gasteiger partial charge in [-0.15, -0.1) is 24.0 Å². The van der Waals surface area contributed by atoms with Crippen LogP contribution in [0.25, 0.3) is 0 Å². The number of likely N-dealkylation sites (tertiary alicyclic amines) is 1. The summed E-state index contributed by atoms with van der Waals surface area (Å²) in [6.45, 7) is 4.51. The van der Waals surface area contributed by atoms with Crippen LogP contribution in [0.4, 0.5) is 14.5 Å². The van der Waals surface area contributed by atoms with Crippen LogP contribution in [0.3, 0.4) is 0 Å². The van der Waals surface area contributed by atoms with Gasteiger partial charge in [0.05, 0.1) is 5.69 Å². The highest BCUT2D eigenvalue weighted by atomic mass is 127.